The maximum absolute atomic E-state index is 12.5. The van der Waals surface area contributed by atoms with Crippen LogP contribution in [0.4, 0.5) is 0 Å². The van der Waals surface area contributed by atoms with Crippen LogP contribution >= 0.6 is 24.0 Å². The fourth-order valence-corrected chi connectivity index (χ4v) is 4.59. The van der Waals surface area contributed by atoms with E-state index in [0.717, 1.165) is 57.9 Å². The van der Waals surface area contributed by atoms with Gasteiger partial charge in [0.15, 0.2) is 5.96 Å². The second-order valence-corrected chi connectivity index (χ2v) is 7.90. The molecule has 0 aromatic heterocycles. The number of carbonyl (C=O) groups is 1. The molecule has 2 aliphatic heterocycles. The van der Waals surface area contributed by atoms with Gasteiger partial charge in [-0.1, -0.05) is 12.8 Å². The van der Waals surface area contributed by atoms with Gasteiger partial charge < -0.3 is 25.0 Å². The van der Waals surface area contributed by atoms with Crippen LogP contribution < -0.4 is 5.32 Å². The molecule has 3 rings (SSSR count). The summed E-state index contributed by atoms with van der Waals surface area (Å²) >= 11 is 0. The molecule has 27 heavy (non-hydrogen) atoms. The molecule has 1 unspecified atom stereocenters. The lowest BCUT2D eigenvalue weighted by Crippen LogP contribution is -2.56. The highest BCUT2D eigenvalue weighted by Gasteiger charge is 2.34. The molecule has 0 aromatic rings. The summed E-state index contributed by atoms with van der Waals surface area (Å²) < 4.78 is 5.53. The Morgan fingerprint density at radius 3 is 2.41 bits per heavy atom. The van der Waals surface area contributed by atoms with Crippen molar-refractivity contribution >= 4 is 35.8 Å². The number of hydrogen-bond donors (Lipinski definition) is 2. The van der Waals surface area contributed by atoms with Gasteiger partial charge in [-0.15, -0.1) is 24.0 Å². The fourth-order valence-electron chi connectivity index (χ4n) is 4.59. The van der Waals surface area contributed by atoms with Crippen molar-refractivity contribution in [1.29, 1.82) is 0 Å². The van der Waals surface area contributed by atoms with E-state index in [4.69, 9.17) is 4.74 Å². The van der Waals surface area contributed by atoms with E-state index in [1.54, 1.807) is 0 Å². The topological polar surface area (TPSA) is 77.4 Å². The molecule has 2 saturated heterocycles. The molecular formula is C19H35IN4O3. The Labute approximate surface area is 179 Å². The highest BCUT2D eigenvalue weighted by Crippen LogP contribution is 2.40. The summed E-state index contributed by atoms with van der Waals surface area (Å²) in [6.07, 6.45) is 7.36. The molecule has 0 spiro atoms. The monoisotopic (exact) mass is 494 g/mol. The first-order valence-corrected chi connectivity index (χ1v) is 10.1. The van der Waals surface area contributed by atoms with E-state index in [0.29, 0.717) is 6.61 Å². The molecule has 1 amide bonds. The van der Waals surface area contributed by atoms with Gasteiger partial charge >= 0.3 is 0 Å². The van der Waals surface area contributed by atoms with E-state index in [9.17, 15) is 9.90 Å². The zero-order valence-corrected chi connectivity index (χ0v) is 18.8. The zero-order valence-electron chi connectivity index (χ0n) is 16.5. The number of carbonyl (C=O) groups excluding carboxylic acids is 1. The highest BCUT2D eigenvalue weighted by molar-refractivity contribution is 14.0. The van der Waals surface area contributed by atoms with E-state index in [1.165, 1.54) is 25.7 Å². The van der Waals surface area contributed by atoms with Crippen molar-refractivity contribution in [2.45, 2.75) is 51.0 Å². The third-order valence-corrected chi connectivity index (χ3v) is 6.24. The molecule has 1 atom stereocenters. The van der Waals surface area contributed by atoms with Crippen LogP contribution in [-0.4, -0.2) is 85.9 Å². The minimum atomic E-state index is -0.223. The second-order valence-electron chi connectivity index (χ2n) is 7.90. The van der Waals surface area contributed by atoms with Gasteiger partial charge in [-0.2, -0.15) is 0 Å². The molecule has 0 bridgehead atoms. The van der Waals surface area contributed by atoms with Gasteiger partial charge in [-0.05, 0) is 37.5 Å². The maximum Gasteiger partial charge on any atom is 0.251 e. The molecular weight excluding hydrogens is 459 g/mol. The van der Waals surface area contributed by atoms with Crippen LogP contribution in [0.5, 0.6) is 0 Å². The number of aliphatic hydroxyl groups excluding tert-OH is 1. The summed E-state index contributed by atoms with van der Waals surface area (Å²) in [5.74, 6) is 1.07. The fraction of sp³-hybridized carbons (Fsp3) is 0.895. The molecule has 2 N–H and O–H groups in total. The molecule has 3 aliphatic rings. The average molecular weight is 494 g/mol. The van der Waals surface area contributed by atoms with Crippen LogP contribution in [0.25, 0.3) is 0 Å². The summed E-state index contributed by atoms with van der Waals surface area (Å²) in [5, 5.41) is 13.0. The van der Waals surface area contributed by atoms with E-state index >= 15 is 0 Å². The van der Waals surface area contributed by atoms with Gasteiger partial charge in [0.25, 0.3) is 5.91 Å². The molecule has 1 saturated carbocycles. The Morgan fingerprint density at radius 1 is 1.19 bits per heavy atom. The Bertz CT molecular complexity index is 497. The van der Waals surface area contributed by atoms with E-state index in [2.05, 4.69) is 15.2 Å². The van der Waals surface area contributed by atoms with Crippen molar-refractivity contribution in [3.05, 3.63) is 0 Å². The second kappa shape index (κ2) is 10.8. The minimum Gasteiger partial charge on any atom is -0.396 e. The summed E-state index contributed by atoms with van der Waals surface area (Å²) in [6.45, 7) is 4.88. The molecule has 1 aliphatic carbocycles. The Balaban J connectivity index is 0.00000261. The van der Waals surface area contributed by atoms with Gasteiger partial charge in [-0.3, -0.25) is 9.79 Å². The quantitative estimate of drug-likeness (QED) is 0.344. The number of amides is 1. The molecule has 0 aromatic carbocycles. The summed E-state index contributed by atoms with van der Waals surface area (Å²) in [4.78, 5) is 21.1. The number of ether oxygens (including phenoxy) is 1. The number of aliphatic hydroxyl groups is 1. The van der Waals surface area contributed by atoms with Crippen molar-refractivity contribution in [2.24, 2.45) is 10.4 Å². The van der Waals surface area contributed by atoms with Crippen molar-refractivity contribution in [2.75, 3.05) is 53.0 Å². The van der Waals surface area contributed by atoms with Crippen LogP contribution in [0.3, 0.4) is 0 Å². The van der Waals surface area contributed by atoms with Gasteiger partial charge in [0.2, 0.25) is 0 Å². The smallest absolute Gasteiger partial charge is 0.251 e. The van der Waals surface area contributed by atoms with Gasteiger partial charge in [0, 0.05) is 53.0 Å². The number of nitrogens with zero attached hydrogens (tertiary/aromatic N) is 3. The van der Waals surface area contributed by atoms with Crippen LogP contribution in [-0.2, 0) is 9.53 Å². The third-order valence-electron chi connectivity index (χ3n) is 6.24. The highest BCUT2D eigenvalue weighted by atomic mass is 127. The number of piperazine rings is 1. The minimum absolute atomic E-state index is 0. The number of nitrogens with one attached hydrogen (secondary N) is 1. The number of rotatable bonds is 5. The Hall–Kier alpha value is -0.610. The molecule has 8 heteroatoms. The maximum atomic E-state index is 12.5. The van der Waals surface area contributed by atoms with Crippen molar-refractivity contribution in [3.8, 4) is 0 Å². The van der Waals surface area contributed by atoms with Crippen molar-refractivity contribution in [3.63, 3.8) is 0 Å². The normalized spacial score (nSPS) is 25.4. The van der Waals surface area contributed by atoms with Crippen LogP contribution in [0, 0.1) is 5.41 Å². The number of aliphatic imine (C=N–C) groups is 1. The molecule has 0 radical (unpaired) electrons. The first kappa shape index (κ1) is 22.7. The number of hydrogen-bond acceptors (Lipinski definition) is 4. The lowest BCUT2D eigenvalue weighted by molar-refractivity contribution is -0.142. The number of guanidine groups is 1. The zero-order chi connectivity index (χ0) is 18.4. The van der Waals surface area contributed by atoms with Crippen LogP contribution in [0.15, 0.2) is 4.99 Å². The predicted octanol–water partition coefficient (Wildman–Crippen LogP) is 1.45. The predicted molar refractivity (Wildman–Crippen MR) is 117 cm³/mol. The Kier molecular flexibility index (Phi) is 9.07. The van der Waals surface area contributed by atoms with E-state index in [1.807, 2.05) is 11.9 Å². The lowest BCUT2D eigenvalue weighted by Gasteiger charge is -2.38. The standard InChI is InChI=1S/C19H34N4O3.HI/c1-20-18(21-15-19(8-13-24)6-2-3-7-19)23-11-9-22(10-12-23)17(25)16-5-4-14-26-16;/h16,24H,2-15H2,1H3,(H,20,21);1H. The number of halogens is 1. The third kappa shape index (κ3) is 5.69. The molecule has 3 fully saturated rings. The largest absolute Gasteiger partial charge is 0.396 e. The lowest BCUT2D eigenvalue weighted by atomic mass is 9.83. The van der Waals surface area contributed by atoms with Gasteiger partial charge in [0.05, 0.1) is 0 Å². The molecule has 2 heterocycles. The van der Waals surface area contributed by atoms with Crippen LogP contribution in [0.2, 0.25) is 0 Å². The van der Waals surface area contributed by atoms with E-state index < -0.39 is 0 Å². The molecule has 156 valence electrons. The summed E-state index contributed by atoms with van der Waals surface area (Å²) in [7, 11) is 1.82. The SMILES string of the molecule is CN=C(NCC1(CCO)CCCC1)N1CCN(C(=O)C2CCCO2)CC1.I. The van der Waals surface area contributed by atoms with E-state index in [-0.39, 0.29) is 48.0 Å². The summed E-state index contributed by atoms with van der Waals surface area (Å²) in [6, 6.07) is 0. The average Bonchev–Trinajstić information content (AvgIpc) is 3.35. The molecule has 7 nitrogen and oxygen atoms in total. The van der Waals surface area contributed by atoms with Crippen LogP contribution in [0.1, 0.15) is 44.9 Å². The van der Waals surface area contributed by atoms with Gasteiger partial charge in [0.1, 0.15) is 6.10 Å². The van der Waals surface area contributed by atoms with Crippen molar-refractivity contribution < 1.29 is 14.6 Å². The Morgan fingerprint density at radius 2 is 1.85 bits per heavy atom. The van der Waals surface area contributed by atoms with Gasteiger partial charge in [-0.25, -0.2) is 0 Å². The van der Waals surface area contributed by atoms with Crippen molar-refractivity contribution in [1.82, 2.24) is 15.1 Å². The first-order valence-electron chi connectivity index (χ1n) is 10.1. The first-order chi connectivity index (χ1) is 12.7. The summed E-state index contributed by atoms with van der Waals surface area (Å²) in [5.41, 5.74) is 0.211.